The second-order valence-corrected chi connectivity index (χ2v) is 15.0. The van der Waals surface area contributed by atoms with Crippen LogP contribution in [0.15, 0.2) is 93.3 Å². The average Bonchev–Trinajstić information content (AvgIpc) is 3.56. The quantitative estimate of drug-likeness (QED) is 0.130. The maximum absolute atomic E-state index is 13.2. The van der Waals surface area contributed by atoms with E-state index in [0.29, 0.717) is 59.9 Å². The van der Waals surface area contributed by atoms with Gasteiger partial charge in [0, 0.05) is 10.8 Å². The van der Waals surface area contributed by atoms with Gasteiger partial charge in [0.05, 0.1) is 33.6 Å². The Balaban J connectivity index is 0.925. The van der Waals surface area contributed by atoms with Crippen LogP contribution in [0.5, 0.6) is 11.5 Å². The lowest BCUT2D eigenvalue weighted by molar-refractivity contribution is -0.176. The van der Waals surface area contributed by atoms with Crippen molar-refractivity contribution in [1.82, 2.24) is 0 Å². The van der Waals surface area contributed by atoms with E-state index in [1.54, 1.807) is 72.8 Å². The Kier molecular flexibility index (Phi) is 7.40. The minimum absolute atomic E-state index is 0.322. The van der Waals surface area contributed by atoms with Crippen LogP contribution in [0.25, 0.3) is 0 Å². The van der Waals surface area contributed by atoms with Gasteiger partial charge in [0.2, 0.25) is 11.2 Å². The number of fused-ring (bicyclic) bond motifs is 4. The molecule has 0 unspecified atom stereocenters. The summed E-state index contributed by atoms with van der Waals surface area (Å²) in [6, 6.07) is 20.2. The van der Waals surface area contributed by atoms with E-state index in [4.69, 9.17) is 18.9 Å². The number of hydrogen-bond acceptors (Lipinski definition) is 12. The first-order valence-corrected chi connectivity index (χ1v) is 16.6. The number of nitrogens with zero attached hydrogens (tertiary/aromatic N) is 4. The standard InChI is InChI=1S/C38H38N4O8/c1-33(2)35(5)19-21-37(33,49-29(35)43)31(45)47-27-15-11-25(12-16-27)41-39-23-7-9-24(10-8-23)40-42-26-13-17-28(18-14-26)48-32(46)38-22-20-36(6,30(44)50-38)34(38,3)4/h7-18H,19-22H2,1-6H3/t35-,36-,37+,38+/m0/s1. The van der Waals surface area contributed by atoms with Crippen LogP contribution in [0.1, 0.15) is 67.2 Å². The lowest BCUT2D eigenvalue weighted by Crippen LogP contribution is -2.50. The maximum Gasteiger partial charge on any atom is 0.356 e. The zero-order chi connectivity index (χ0) is 35.7. The van der Waals surface area contributed by atoms with Crippen molar-refractivity contribution in [2.24, 2.45) is 42.1 Å². The molecule has 2 aliphatic heterocycles. The van der Waals surface area contributed by atoms with Crippen molar-refractivity contribution in [3.05, 3.63) is 72.8 Å². The summed E-state index contributed by atoms with van der Waals surface area (Å²) in [6.07, 6.45) is 2.01. The molecule has 3 aromatic rings. The molecular weight excluding hydrogens is 640 g/mol. The Morgan fingerprint density at radius 3 is 1.02 bits per heavy atom. The molecule has 0 N–H and O–H groups in total. The second-order valence-electron chi connectivity index (χ2n) is 15.0. The topological polar surface area (TPSA) is 155 Å². The van der Waals surface area contributed by atoms with Crippen LogP contribution in [0.4, 0.5) is 22.7 Å². The summed E-state index contributed by atoms with van der Waals surface area (Å²) in [5, 5.41) is 17.0. The third-order valence-electron chi connectivity index (χ3n) is 12.3. The maximum atomic E-state index is 13.2. The smallest absolute Gasteiger partial charge is 0.356 e. The van der Waals surface area contributed by atoms with Crippen molar-refractivity contribution in [3.8, 4) is 11.5 Å². The fraction of sp³-hybridized carbons (Fsp3) is 0.421. The summed E-state index contributed by atoms with van der Waals surface area (Å²) in [5.74, 6) is -1.21. The number of rotatable bonds is 8. The highest BCUT2D eigenvalue weighted by Gasteiger charge is 2.77. The highest BCUT2D eigenvalue weighted by molar-refractivity contribution is 5.95. The van der Waals surface area contributed by atoms with Crippen LogP contribution < -0.4 is 9.47 Å². The molecule has 0 spiro atoms. The third-order valence-corrected chi connectivity index (χ3v) is 12.3. The molecule has 3 aromatic carbocycles. The van der Waals surface area contributed by atoms with E-state index in [2.05, 4.69) is 20.5 Å². The van der Waals surface area contributed by atoms with Gasteiger partial charge in [-0.3, -0.25) is 9.59 Å². The number of carbonyl (C=O) groups excluding carboxylic acids is 4. The molecule has 0 amide bonds. The van der Waals surface area contributed by atoms with Crippen molar-refractivity contribution in [2.75, 3.05) is 0 Å². The van der Waals surface area contributed by atoms with Gasteiger partial charge in [-0.2, -0.15) is 20.5 Å². The summed E-state index contributed by atoms with van der Waals surface area (Å²) in [6.45, 7) is 11.2. The summed E-state index contributed by atoms with van der Waals surface area (Å²) < 4.78 is 22.5. The highest BCUT2D eigenvalue weighted by Crippen LogP contribution is 2.67. The monoisotopic (exact) mass is 678 g/mol. The summed E-state index contributed by atoms with van der Waals surface area (Å²) in [5.41, 5.74) is -3.09. The van der Waals surface area contributed by atoms with Gasteiger partial charge in [0.15, 0.2) is 0 Å². The number of hydrogen-bond donors (Lipinski definition) is 0. The van der Waals surface area contributed by atoms with Gasteiger partial charge in [-0.15, -0.1) is 0 Å². The van der Waals surface area contributed by atoms with E-state index < -0.39 is 44.8 Å². The number of ether oxygens (including phenoxy) is 4. The largest absolute Gasteiger partial charge is 0.446 e. The lowest BCUT2D eigenvalue weighted by Gasteiger charge is -2.34. The third kappa shape index (κ3) is 4.64. The summed E-state index contributed by atoms with van der Waals surface area (Å²) >= 11 is 0. The Morgan fingerprint density at radius 2 is 0.780 bits per heavy atom. The van der Waals surface area contributed by atoms with E-state index in [1.807, 2.05) is 41.5 Å². The Labute approximate surface area is 289 Å². The predicted octanol–water partition coefficient (Wildman–Crippen LogP) is 8.57. The first-order valence-electron chi connectivity index (χ1n) is 16.6. The zero-order valence-electron chi connectivity index (χ0n) is 28.8. The first-order chi connectivity index (χ1) is 23.6. The van der Waals surface area contributed by atoms with Gasteiger partial charge in [-0.1, -0.05) is 27.7 Å². The second kappa shape index (κ2) is 11.1. The van der Waals surface area contributed by atoms with Crippen LogP contribution in [0.2, 0.25) is 0 Å². The Morgan fingerprint density at radius 1 is 0.500 bits per heavy atom. The SMILES string of the molecule is CC1(C)[C@@]2(C)CC[C@]1(C(=O)Oc1ccc(N=Nc3ccc(N=Nc4ccc(OC(=O)[C@@]56CC[C@@](C)(C(=O)O5)C6(C)C)cc4)cc3)cc1)OC2=O. The molecule has 2 saturated heterocycles. The number of esters is 4. The zero-order valence-corrected chi connectivity index (χ0v) is 28.8. The fourth-order valence-corrected chi connectivity index (χ4v) is 7.76. The average molecular weight is 679 g/mol. The van der Waals surface area contributed by atoms with E-state index >= 15 is 0 Å². The van der Waals surface area contributed by atoms with E-state index in [9.17, 15) is 19.2 Å². The molecule has 2 heterocycles. The fourth-order valence-electron chi connectivity index (χ4n) is 7.76. The van der Waals surface area contributed by atoms with Crippen LogP contribution in [-0.2, 0) is 28.7 Å². The van der Waals surface area contributed by atoms with Crippen LogP contribution >= 0.6 is 0 Å². The van der Waals surface area contributed by atoms with Gasteiger partial charge in [-0.05, 0) is 112 Å². The van der Waals surface area contributed by atoms with E-state index in [-0.39, 0.29) is 11.9 Å². The van der Waals surface area contributed by atoms with Crippen LogP contribution in [-0.4, -0.2) is 35.1 Å². The molecule has 2 aliphatic carbocycles. The van der Waals surface area contributed by atoms with Gasteiger partial charge in [0.1, 0.15) is 11.5 Å². The molecule has 4 fully saturated rings. The van der Waals surface area contributed by atoms with Gasteiger partial charge < -0.3 is 18.9 Å². The van der Waals surface area contributed by atoms with Crippen molar-refractivity contribution < 1.29 is 38.1 Å². The van der Waals surface area contributed by atoms with Crippen LogP contribution in [0.3, 0.4) is 0 Å². The normalized spacial score (nSPS) is 30.1. The molecule has 7 rings (SSSR count). The van der Waals surface area contributed by atoms with Crippen molar-refractivity contribution >= 4 is 46.6 Å². The van der Waals surface area contributed by atoms with Gasteiger partial charge >= 0.3 is 23.9 Å². The lowest BCUT2D eigenvalue weighted by atomic mass is 9.66. The molecule has 12 heteroatoms. The van der Waals surface area contributed by atoms with E-state index in [0.717, 1.165) is 0 Å². The van der Waals surface area contributed by atoms with Gasteiger partial charge in [0.25, 0.3) is 0 Å². The van der Waals surface area contributed by atoms with Crippen LogP contribution in [0, 0.1) is 21.7 Å². The molecule has 4 aliphatic rings. The summed E-state index contributed by atoms with van der Waals surface area (Å²) in [4.78, 5) is 51.4. The van der Waals surface area contributed by atoms with Crippen molar-refractivity contribution in [2.45, 2.75) is 78.4 Å². The molecule has 12 nitrogen and oxygen atoms in total. The minimum Gasteiger partial charge on any atom is -0.446 e. The van der Waals surface area contributed by atoms with E-state index in [1.165, 1.54) is 0 Å². The molecule has 4 bridgehead atoms. The van der Waals surface area contributed by atoms with Crippen molar-refractivity contribution in [1.29, 1.82) is 0 Å². The summed E-state index contributed by atoms with van der Waals surface area (Å²) in [7, 11) is 0. The molecule has 2 saturated carbocycles. The molecule has 4 atom stereocenters. The predicted molar refractivity (Wildman–Crippen MR) is 179 cm³/mol. The molecule has 258 valence electrons. The highest BCUT2D eigenvalue weighted by atomic mass is 16.6. The minimum atomic E-state index is -1.30. The number of carbonyl (C=O) groups is 4. The molecular formula is C38H38N4O8. The molecule has 50 heavy (non-hydrogen) atoms. The Bertz CT molecular complexity index is 1830. The van der Waals surface area contributed by atoms with Crippen molar-refractivity contribution in [3.63, 3.8) is 0 Å². The number of azo groups is 2. The molecule has 0 radical (unpaired) electrons. The Hall–Kier alpha value is -5.26. The van der Waals surface area contributed by atoms with Gasteiger partial charge in [-0.25, -0.2) is 9.59 Å². The first kappa shape index (κ1) is 33.2. The molecule has 0 aromatic heterocycles. The number of benzene rings is 3.